The minimum atomic E-state index is 0.339. The first-order valence-corrected chi connectivity index (χ1v) is 5.32. The van der Waals surface area contributed by atoms with Gasteiger partial charge in [0.05, 0.1) is 19.3 Å². The van der Waals surface area contributed by atoms with E-state index >= 15 is 0 Å². The third-order valence-corrected chi connectivity index (χ3v) is 2.90. The molecule has 1 atom stereocenters. The van der Waals surface area contributed by atoms with Crippen LogP contribution in [0.5, 0.6) is 0 Å². The SMILES string of the molecule is c1cc2ccc(C3COCCN3)cc2[nH]1. The number of rotatable bonds is 1. The summed E-state index contributed by atoms with van der Waals surface area (Å²) in [5.74, 6) is 0. The number of hydrogen-bond donors (Lipinski definition) is 2. The van der Waals surface area contributed by atoms with Crippen molar-refractivity contribution in [3.05, 3.63) is 36.0 Å². The molecule has 1 aliphatic heterocycles. The van der Waals surface area contributed by atoms with Crippen LogP contribution in [0.15, 0.2) is 30.5 Å². The maximum absolute atomic E-state index is 5.46. The number of aromatic amines is 1. The number of aromatic nitrogens is 1. The molecule has 0 aliphatic carbocycles. The molecule has 1 aliphatic rings. The molecule has 1 saturated heterocycles. The third-order valence-electron chi connectivity index (χ3n) is 2.90. The molecule has 78 valence electrons. The molecule has 0 saturated carbocycles. The maximum atomic E-state index is 5.46. The van der Waals surface area contributed by atoms with Gasteiger partial charge in [-0.3, -0.25) is 0 Å². The number of nitrogens with one attached hydrogen (secondary N) is 2. The zero-order chi connectivity index (χ0) is 10.1. The molecule has 3 heteroatoms. The molecule has 15 heavy (non-hydrogen) atoms. The van der Waals surface area contributed by atoms with Gasteiger partial charge in [-0.05, 0) is 23.1 Å². The summed E-state index contributed by atoms with van der Waals surface area (Å²) in [6.07, 6.45) is 1.97. The van der Waals surface area contributed by atoms with Crippen LogP contribution >= 0.6 is 0 Å². The first-order valence-electron chi connectivity index (χ1n) is 5.32. The van der Waals surface area contributed by atoms with Crippen LogP contribution < -0.4 is 5.32 Å². The molecule has 0 bridgehead atoms. The lowest BCUT2D eigenvalue weighted by atomic mass is 10.1. The van der Waals surface area contributed by atoms with E-state index in [1.807, 2.05) is 6.20 Å². The van der Waals surface area contributed by atoms with Gasteiger partial charge in [0.25, 0.3) is 0 Å². The topological polar surface area (TPSA) is 37.0 Å². The highest BCUT2D eigenvalue weighted by atomic mass is 16.5. The molecule has 2 aromatic rings. The number of fused-ring (bicyclic) bond motifs is 1. The number of H-pyrrole nitrogens is 1. The molecule has 1 fully saturated rings. The average Bonchev–Trinajstić information content (AvgIpc) is 2.77. The van der Waals surface area contributed by atoms with Crippen LogP contribution in [0.25, 0.3) is 10.9 Å². The predicted molar refractivity (Wildman–Crippen MR) is 59.9 cm³/mol. The third kappa shape index (κ3) is 1.64. The summed E-state index contributed by atoms with van der Waals surface area (Å²) in [7, 11) is 0. The quantitative estimate of drug-likeness (QED) is 0.740. The van der Waals surface area contributed by atoms with E-state index in [0.29, 0.717) is 6.04 Å². The molecule has 1 aromatic carbocycles. The molecule has 3 rings (SSSR count). The van der Waals surface area contributed by atoms with Gasteiger partial charge < -0.3 is 15.0 Å². The second-order valence-corrected chi connectivity index (χ2v) is 3.91. The van der Waals surface area contributed by atoms with Gasteiger partial charge in [0.15, 0.2) is 0 Å². The molecule has 0 radical (unpaired) electrons. The van der Waals surface area contributed by atoms with Crippen molar-refractivity contribution in [2.75, 3.05) is 19.8 Å². The van der Waals surface area contributed by atoms with Crippen molar-refractivity contribution in [2.24, 2.45) is 0 Å². The Morgan fingerprint density at radius 3 is 3.13 bits per heavy atom. The molecule has 2 N–H and O–H groups in total. The first-order chi connectivity index (χ1) is 7.43. The van der Waals surface area contributed by atoms with Gasteiger partial charge in [-0.15, -0.1) is 0 Å². The molecule has 2 heterocycles. The van der Waals surface area contributed by atoms with Gasteiger partial charge in [-0.1, -0.05) is 12.1 Å². The Bertz CT molecular complexity index is 457. The lowest BCUT2D eigenvalue weighted by Gasteiger charge is -2.24. The van der Waals surface area contributed by atoms with Crippen LogP contribution in [0, 0.1) is 0 Å². The number of hydrogen-bond acceptors (Lipinski definition) is 2. The van der Waals surface area contributed by atoms with Crippen LogP contribution in [0.3, 0.4) is 0 Å². The van der Waals surface area contributed by atoms with Crippen molar-refractivity contribution in [2.45, 2.75) is 6.04 Å². The second kappa shape index (κ2) is 3.68. The smallest absolute Gasteiger partial charge is 0.0662 e. The van der Waals surface area contributed by atoms with Crippen molar-refractivity contribution in [1.82, 2.24) is 10.3 Å². The van der Waals surface area contributed by atoms with Gasteiger partial charge in [0.1, 0.15) is 0 Å². The number of ether oxygens (including phenoxy) is 1. The summed E-state index contributed by atoms with van der Waals surface area (Å²) < 4.78 is 5.46. The second-order valence-electron chi connectivity index (χ2n) is 3.91. The standard InChI is InChI=1S/C12H14N2O/c1-2-10(12-8-15-6-5-14-12)7-11-9(1)3-4-13-11/h1-4,7,12-14H,5-6,8H2. The van der Waals surface area contributed by atoms with Crippen LogP contribution in [0.1, 0.15) is 11.6 Å². The highest BCUT2D eigenvalue weighted by Crippen LogP contribution is 2.20. The molecule has 1 aromatic heterocycles. The van der Waals surface area contributed by atoms with E-state index < -0.39 is 0 Å². The lowest BCUT2D eigenvalue weighted by molar-refractivity contribution is 0.0769. The molecular weight excluding hydrogens is 188 g/mol. The molecule has 0 spiro atoms. The fraction of sp³-hybridized carbons (Fsp3) is 0.333. The average molecular weight is 202 g/mol. The first kappa shape index (κ1) is 8.95. The van der Waals surface area contributed by atoms with Crippen molar-refractivity contribution in [1.29, 1.82) is 0 Å². The summed E-state index contributed by atoms with van der Waals surface area (Å²) in [4.78, 5) is 3.23. The minimum absolute atomic E-state index is 0.339. The van der Waals surface area contributed by atoms with Gasteiger partial charge in [0, 0.05) is 18.3 Å². The lowest BCUT2D eigenvalue weighted by Crippen LogP contribution is -2.34. The van der Waals surface area contributed by atoms with Crippen LogP contribution in [0.2, 0.25) is 0 Å². The van der Waals surface area contributed by atoms with Crippen LogP contribution in [-0.4, -0.2) is 24.7 Å². The van der Waals surface area contributed by atoms with Crippen LogP contribution in [-0.2, 0) is 4.74 Å². The summed E-state index contributed by atoms with van der Waals surface area (Å²) in [5.41, 5.74) is 2.49. The highest BCUT2D eigenvalue weighted by Gasteiger charge is 2.15. The van der Waals surface area contributed by atoms with Gasteiger partial charge in [-0.25, -0.2) is 0 Å². The maximum Gasteiger partial charge on any atom is 0.0662 e. The van der Waals surface area contributed by atoms with Crippen LogP contribution in [0.4, 0.5) is 0 Å². The monoisotopic (exact) mass is 202 g/mol. The van der Waals surface area contributed by atoms with E-state index in [1.165, 1.54) is 16.5 Å². The molecule has 3 nitrogen and oxygen atoms in total. The van der Waals surface area contributed by atoms with Gasteiger partial charge in [0.2, 0.25) is 0 Å². The Balaban J connectivity index is 1.95. The van der Waals surface area contributed by atoms with E-state index in [4.69, 9.17) is 4.74 Å². The number of morpholine rings is 1. The van der Waals surface area contributed by atoms with E-state index in [1.54, 1.807) is 0 Å². The van der Waals surface area contributed by atoms with E-state index in [2.05, 4.69) is 34.6 Å². The molecule has 1 unspecified atom stereocenters. The Labute approximate surface area is 88.4 Å². The Kier molecular flexibility index (Phi) is 2.19. The highest BCUT2D eigenvalue weighted by molar-refractivity contribution is 5.79. The molecule has 0 amide bonds. The van der Waals surface area contributed by atoms with Gasteiger partial charge >= 0.3 is 0 Å². The summed E-state index contributed by atoms with van der Waals surface area (Å²) in [6, 6.07) is 8.94. The van der Waals surface area contributed by atoms with Crippen molar-refractivity contribution in [3.63, 3.8) is 0 Å². The molecular formula is C12H14N2O. The minimum Gasteiger partial charge on any atom is -0.378 e. The van der Waals surface area contributed by atoms with E-state index in [0.717, 1.165) is 19.8 Å². The summed E-state index contributed by atoms with van der Waals surface area (Å²) in [5, 5.41) is 4.71. The Hall–Kier alpha value is -1.32. The largest absolute Gasteiger partial charge is 0.378 e. The fourth-order valence-corrected chi connectivity index (χ4v) is 2.06. The normalized spacial score (nSPS) is 22.0. The number of benzene rings is 1. The Morgan fingerprint density at radius 2 is 2.27 bits per heavy atom. The summed E-state index contributed by atoms with van der Waals surface area (Å²) >= 11 is 0. The van der Waals surface area contributed by atoms with Crippen molar-refractivity contribution >= 4 is 10.9 Å². The predicted octanol–water partition coefficient (Wildman–Crippen LogP) is 1.83. The zero-order valence-corrected chi connectivity index (χ0v) is 8.49. The fourth-order valence-electron chi connectivity index (χ4n) is 2.06. The van der Waals surface area contributed by atoms with Crippen molar-refractivity contribution in [3.8, 4) is 0 Å². The van der Waals surface area contributed by atoms with E-state index in [-0.39, 0.29) is 0 Å². The zero-order valence-electron chi connectivity index (χ0n) is 8.49. The summed E-state index contributed by atoms with van der Waals surface area (Å²) in [6.45, 7) is 2.53. The Morgan fingerprint density at radius 1 is 1.27 bits per heavy atom. The van der Waals surface area contributed by atoms with E-state index in [9.17, 15) is 0 Å². The van der Waals surface area contributed by atoms with Crippen molar-refractivity contribution < 1.29 is 4.74 Å². The van der Waals surface area contributed by atoms with Gasteiger partial charge in [-0.2, -0.15) is 0 Å².